The fraction of sp³-hybridized carbons (Fsp3) is 0.769. The van der Waals surface area contributed by atoms with Crippen LogP contribution in [0.15, 0.2) is 12.2 Å². The molecule has 1 heteroatoms. The summed E-state index contributed by atoms with van der Waals surface area (Å²) >= 11 is 0. The van der Waals surface area contributed by atoms with Crippen LogP contribution in [0.3, 0.4) is 0 Å². The van der Waals surface area contributed by atoms with Crippen LogP contribution in [0.25, 0.3) is 0 Å². The third kappa shape index (κ3) is 4.59. The number of rotatable bonds is 8. The number of aldehydes is 1. The molecule has 0 unspecified atom stereocenters. The predicted molar refractivity (Wildman–Crippen MR) is 60.2 cm³/mol. The topological polar surface area (TPSA) is 17.1 Å². The third-order valence-electron chi connectivity index (χ3n) is 3.06. The molecule has 0 aromatic heterocycles. The first-order valence-corrected chi connectivity index (χ1v) is 5.97. The molecular formula is C13H22O. The summed E-state index contributed by atoms with van der Waals surface area (Å²) in [6.45, 7) is 2.22. The van der Waals surface area contributed by atoms with Crippen LogP contribution < -0.4 is 0 Å². The zero-order valence-electron chi connectivity index (χ0n) is 9.24. The average molecular weight is 194 g/mol. The van der Waals surface area contributed by atoms with E-state index in [0.29, 0.717) is 0 Å². The molecule has 0 amide bonds. The molecule has 0 aromatic carbocycles. The van der Waals surface area contributed by atoms with Gasteiger partial charge in [0, 0.05) is 6.42 Å². The highest BCUT2D eigenvalue weighted by Gasteiger charge is 2.35. The van der Waals surface area contributed by atoms with Crippen molar-refractivity contribution in [1.82, 2.24) is 0 Å². The summed E-state index contributed by atoms with van der Waals surface area (Å²) in [7, 11) is 0. The van der Waals surface area contributed by atoms with Gasteiger partial charge >= 0.3 is 0 Å². The van der Waals surface area contributed by atoms with E-state index in [4.69, 9.17) is 0 Å². The minimum atomic E-state index is 0.733. The highest BCUT2D eigenvalue weighted by atomic mass is 16.1. The van der Waals surface area contributed by atoms with E-state index < -0.39 is 0 Å². The van der Waals surface area contributed by atoms with E-state index in [1.807, 2.05) is 0 Å². The Balaban J connectivity index is 1.90. The van der Waals surface area contributed by atoms with Crippen molar-refractivity contribution in [2.75, 3.05) is 0 Å². The number of hydrogen-bond acceptors (Lipinski definition) is 1. The Labute approximate surface area is 87.6 Å². The Kier molecular flexibility index (Phi) is 5.58. The SMILES string of the molecule is CCCC/C=C\CC[C@H]1C[C@@H]1CC=O. The number of unbranched alkanes of at least 4 members (excludes halogenated alkanes) is 2. The minimum Gasteiger partial charge on any atom is -0.303 e. The number of hydrogen-bond donors (Lipinski definition) is 0. The van der Waals surface area contributed by atoms with Gasteiger partial charge in [0.2, 0.25) is 0 Å². The van der Waals surface area contributed by atoms with Gasteiger partial charge < -0.3 is 4.79 Å². The summed E-state index contributed by atoms with van der Waals surface area (Å²) in [5, 5.41) is 0. The lowest BCUT2D eigenvalue weighted by Crippen LogP contribution is -1.83. The summed E-state index contributed by atoms with van der Waals surface area (Å²) in [6.07, 6.45) is 14.1. The van der Waals surface area contributed by atoms with Gasteiger partial charge in [0.05, 0.1) is 0 Å². The van der Waals surface area contributed by atoms with Gasteiger partial charge in [-0.05, 0) is 37.5 Å². The van der Waals surface area contributed by atoms with Gasteiger partial charge in [-0.3, -0.25) is 0 Å². The van der Waals surface area contributed by atoms with Crippen molar-refractivity contribution < 1.29 is 4.79 Å². The molecule has 1 fully saturated rings. The van der Waals surface area contributed by atoms with Crippen molar-refractivity contribution in [1.29, 1.82) is 0 Å². The molecule has 0 radical (unpaired) electrons. The molecule has 14 heavy (non-hydrogen) atoms. The largest absolute Gasteiger partial charge is 0.303 e. The van der Waals surface area contributed by atoms with E-state index >= 15 is 0 Å². The van der Waals surface area contributed by atoms with Crippen LogP contribution in [-0.4, -0.2) is 6.29 Å². The second kappa shape index (κ2) is 6.80. The molecule has 0 bridgehead atoms. The van der Waals surface area contributed by atoms with Gasteiger partial charge in [-0.15, -0.1) is 0 Å². The van der Waals surface area contributed by atoms with Crippen molar-refractivity contribution in [3.8, 4) is 0 Å². The summed E-state index contributed by atoms with van der Waals surface area (Å²) in [4.78, 5) is 10.2. The smallest absolute Gasteiger partial charge is 0.120 e. The molecule has 1 rings (SSSR count). The molecule has 0 saturated heterocycles. The monoisotopic (exact) mass is 194 g/mol. The van der Waals surface area contributed by atoms with Crippen LogP contribution in [-0.2, 0) is 4.79 Å². The zero-order valence-corrected chi connectivity index (χ0v) is 9.24. The van der Waals surface area contributed by atoms with Gasteiger partial charge in [0.25, 0.3) is 0 Å². The lowest BCUT2D eigenvalue weighted by Gasteiger charge is -1.93. The first kappa shape index (κ1) is 11.5. The quantitative estimate of drug-likeness (QED) is 0.327. The molecule has 1 saturated carbocycles. The molecule has 0 N–H and O–H groups in total. The molecular weight excluding hydrogens is 172 g/mol. The van der Waals surface area contributed by atoms with E-state index in [9.17, 15) is 4.79 Å². The predicted octanol–water partition coefficient (Wildman–Crippen LogP) is 3.74. The Hall–Kier alpha value is -0.590. The standard InChI is InChI=1S/C13H22O/c1-2-3-4-5-6-7-8-12-11-13(12)9-10-14/h5-6,10,12-13H,2-4,7-9,11H2,1H3/b6-5-/t12-,13-/m0/s1. The maximum absolute atomic E-state index is 10.2. The van der Waals surface area contributed by atoms with Crippen molar-refractivity contribution in [2.24, 2.45) is 11.8 Å². The van der Waals surface area contributed by atoms with Crippen molar-refractivity contribution in [2.45, 2.75) is 51.9 Å². The highest BCUT2D eigenvalue weighted by molar-refractivity contribution is 5.50. The molecule has 80 valence electrons. The molecule has 1 aliphatic carbocycles. The van der Waals surface area contributed by atoms with Crippen LogP contribution in [0.1, 0.15) is 51.9 Å². The second-order valence-electron chi connectivity index (χ2n) is 4.35. The van der Waals surface area contributed by atoms with E-state index in [1.54, 1.807) is 0 Å². The molecule has 1 nitrogen and oxygen atoms in total. The van der Waals surface area contributed by atoms with Crippen LogP contribution >= 0.6 is 0 Å². The first-order valence-electron chi connectivity index (χ1n) is 5.97. The van der Waals surface area contributed by atoms with Gasteiger partial charge in [0.1, 0.15) is 6.29 Å². The molecule has 0 spiro atoms. The Morgan fingerprint density at radius 1 is 1.21 bits per heavy atom. The van der Waals surface area contributed by atoms with E-state index in [1.165, 1.54) is 38.5 Å². The van der Waals surface area contributed by atoms with Gasteiger partial charge in [-0.1, -0.05) is 31.9 Å². The van der Waals surface area contributed by atoms with Crippen LogP contribution in [0.4, 0.5) is 0 Å². The maximum Gasteiger partial charge on any atom is 0.120 e. The van der Waals surface area contributed by atoms with Crippen LogP contribution in [0, 0.1) is 11.8 Å². The number of carbonyl (C=O) groups is 1. The Morgan fingerprint density at radius 2 is 2.00 bits per heavy atom. The fourth-order valence-corrected chi connectivity index (χ4v) is 1.94. The van der Waals surface area contributed by atoms with Crippen molar-refractivity contribution >= 4 is 6.29 Å². The zero-order chi connectivity index (χ0) is 10.2. The minimum absolute atomic E-state index is 0.733. The van der Waals surface area contributed by atoms with Gasteiger partial charge in [0.15, 0.2) is 0 Å². The molecule has 0 heterocycles. The third-order valence-corrected chi connectivity index (χ3v) is 3.06. The number of allylic oxidation sites excluding steroid dienone is 2. The fourth-order valence-electron chi connectivity index (χ4n) is 1.94. The van der Waals surface area contributed by atoms with E-state index in [-0.39, 0.29) is 0 Å². The summed E-state index contributed by atoms with van der Waals surface area (Å²) in [5.41, 5.74) is 0. The van der Waals surface area contributed by atoms with E-state index in [0.717, 1.165) is 24.5 Å². The lowest BCUT2D eigenvalue weighted by molar-refractivity contribution is -0.108. The van der Waals surface area contributed by atoms with Crippen molar-refractivity contribution in [3.05, 3.63) is 12.2 Å². The summed E-state index contributed by atoms with van der Waals surface area (Å²) in [6, 6.07) is 0. The van der Waals surface area contributed by atoms with Gasteiger partial charge in [-0.25, -0.2) is 0 Å². The summed E-state index contributed by atoms with van der Waals surface area (Å²) < 4.78 is 0. The van der Waals surface area contributed by atoms with Crippen LogP contribution in [0.2, 0.25) is 0 Å². The molecule has 1 aliphatic rings. The number of carbonyl (C=O) groups excluding carboxylic acids is 1. The maximum atomic E-state index is 10.2. The normalized spacial score (nSPS) is 25.5. The summed E-state index contributed by atoms with van der Waals surface area (Å²) in [5.74, 6) is 1.59. The highest BCUT2D eigenvalue weighted by Crippen LogP contribution is 2.43. The first-order chi connectivity index (χ1) is 6.88. The lowest BCUT2D eigenvalue weighted by atomic mass is 10.1. The second-order valence-corrected chi connectivity index (χ2v) is 4.35. The molecule has 0 aliphatic heterocycles. The molecule has 2 atom stereocenters. The van der Waals surface area contributed by atoms with Crippen molar-refractivity contribution in [3.63, 3.8) is 0 Å². The molecule has 0 aromatic rings. The van der Waals surface area contributed by atoms with E-state index in [2.05, 4.69) is 19.1 Å². The Bertz CT molecular complexity index is 184. The van der Waals surface area contributed by atoms with Gasteiger partial charge in [-0.2, -0.15) is 0 Å². The van der Waals surface area contributed by atoms with Crippen LogP contribution in [0.5, 0.6) is 0 Å². The average Bonchev–Trinajstić information content (AvgIpc) is 2.91. The Morgan fingerprint density at radius 3 is 2.71 bits per heavy atom.